The Balaban J connectivity index is 1.32. The third kappa shape index (κ3) is 4.28. The Bertz CT molecular complexity index is 1230. The Hall–Kier alpha value is -2.96. The van der Waals surface area contributed by atoms with Gasteiger partial charge in [-0.2, -0.15) is 0 Å². The van der Waals surface area contributed by atoms with Gasteiger partial charge in [0.05, 0.1) is 10.3 Å². The van der Waals surface area contributed by atoms with Crippen LogP contribution in [0.1, 0.15) is 37.8 Å². The van der Waals surface area contributed by atoms with Gasteiger partial charge in [-0.15, -0.1) is 0 Å². The van der Waals surface area contributed by atoms with Crippen LogP contribution in [0.3, 0.4) is 0 Å². The molecule has 0 N–H and O–H groups in total. The molecule has 1 heterocycles. The molecular weight excluding hydrogens is 446 g/mol. The quantitative estimate of drug-likeness (QED) is 0.422. The van der Waals surface area contributed by atoms with Crippen molar-refractivity contribution in [1.82, 2.24) is 4.31 Å². The standard InChI is InChI=1S/C28H29NO4S/c1-3-29(4-2)34(31)24-11-8-21(9-12-24)22-7-5-6-20(16-22)17-27(30)28(14-15-28)23-10-13-25-26(18-23)33-19-32-25/h5-13,16,18H,3-4,14-15,17,19H2,1-2H3. The molecule has 1 fully saturated rings. The normalized spacial score (nSPS) is 16.4. The minimum atomic E-state index is -1.15. The van der Waals surface area contributed by atoms with Crippen molar-refractivity contribution in [3.05, 3.63) is 77.9 Å². The zero-order chi connectivity index (χ0) is 23.7. The number of benzene rings is 3. The highest BCUT2D eigenvalue weighted by molar-refractivity contribution is 7.82. The lowest BCUT2D eigenvalue weighted by atomic mass is 9.87. The van der Waals surface area contributed by atoms with Crippen LogP contribution in [0.15, 0.2) is 71.6 Å². The molecule has 1 atom stereocenters. The third-order valence-corrected chi connectivity index (χ3v) is 8.49. The minimum Gasteiger partial charge on any atom is -0.454 e. The Morgan fingerprint density at radius 2 is 1.65 bits per heavy atom. The molecule has 0 aromatic heterocycles. The largest absolute Gasteiger partial charge is 0.454 e. The predicted molar refractivity (Wildman–Crippen MR) is 133 cm³/mol. The molecule has 5 nitrogen and oxygen atoms in total. The second-order valence-corrected chi connectivity index (χ2v) is 10.3. The number of nitrogens with zero attached hydrogens (tertiary/aromatic N) is 1. The topological polar surface area (TPSA) is 55.8 Å². The summed E-state index contributed by atoms with van der Waals surface area (Å²) in [6, 6.07) is 21.9. The van der Waals surface area contributed by atoms with Gasteiger partial charge in [-0.1, -0.05) is 56.3 Å². The van der Waals surface area contributed by atoms with Crippen molar-refractivity contribution in [3.8, 4) is 22.6 Å². The molecule has 176 valence electrons. The zero-order valence-corrected chi connectivity index (χ0v) is 20.4. The summed E-state index contributed by atoms with van der Waals surface area (Å²) in [7, 11) is -1.15. The van der Waals surface area contributed by atoms with Crippen molar-refractivity contribution >= 4 is 16.8 Å². The molecule has 1 saturated carbocycles. The van der Waals surface area contributed by atoms with Crippen molar-refractivity contribution in [2.75, 3.05) is 19.9 Å². The van der Waals surface area contributed by atoms with Crippen molar-refractivity contribution in [3.63, 3.8) is 0 Å². The Labute approximate surface area is 203 Å². The SMILES string of the molecule is CCN(CC)S(=O)c1ccc(-c2cccc(CC(=O)C3(c4ccc5c(c4)OCO5)CC3)c2)cc1. The summed E-state index contributed by atoms with van der Waals surface area (Å²) in [4.78, 5) is 14.2. The van der Waals surface area contributed by atoms with Gasteiger partial charge in [-0.05, 0) is 59.4 Å². The maximum atomic E-state index is 13.4. The predicted octanol–water partition coefficient (Wildman–Crippen LogP) is 5.29. The maximum absolute atomic E-state index is 13.4. The zero-order valence-electron chi connectivity index (χ0n) is 19.6. The maximum Gasteiger partial charge on any atom is 0.231 e. The van der Waals surface area contributed by atoms with Gasteiger partial charge in [-0.25, -0.2) is 8.51 Å². The summed E-state index contributed by atoms with van der Waals surface area (Å²) in [6.07, 6.45) is 2.14. The van der Waals surface area contributed by atoms with Crippen LogP contribution >= 0.6 is 0 Å². The molecule has 3 aromatic rings. The lowest BCUT2D eigenvalue weighted by Crippen LogP contribution is -2.25. The highest BCUT2D eigenvalue weighted by Gasteiger charge is 2.50. The fourth-order valence-electron chi connectivity index (χ4n) is 4.63. The molecule has 1 unspecified atom stereocenters. The van der Waals surface area contributed by atoms with Crippen LogP contribution in [-0.4, -0.2) is 34.2 Å². The van der Waals surface area contributed by atoms with Crippen LogP contribution in [-0.2, 0) is 27.6 Å². The van der Waals surface area contributed by atoms with E-state index in [9.17, 15) is 9.00 Å². The van der Waals surface area contributed by atoms with E-state index in [4.69, 9.17) is 9.47 Å². The lowest BCUT2D eigenvalue weighted by Gasteiger charge is -2.17. The summed E-state index contributed by atoms with van der Waals surface area (Å²) in [5.74, 6) is 1.71. The molecule has 34 heavy (non-hydrogen) atoms. The number of ketones is 1. The van der Waals surface area contributed by atoms with Crippen LogP contribution in [0.4, 0.5) is 0 Å². The number of carbonyl (C=O) groups excluding carboxylic acids is 1. The van der Waals surface area contributed by atoms with Crippen LogP contribution in [0, 0.1) is 0 Å². The summed E-state index contributed by atoms with van der Waals surface area (Å²) in [6.45, 7) is 5.75. The summed E-state index contributed by atoms with van der Waals surface area (Å²) in [5, 5.41) is 0. The van der Waals surface area contributed by atoms with Crippen molar-refractivity contribution in [2.45, 2.75) is 43.4 Å². The van der Waals surface area contributed by atoms with Crippen LogP contribution in [0.5, 0.6) is 11.5 Å². The lowest BCUT2D eigenvalue weighted by molar-refractivity contribution is -0.120. The van der Waals surface area contributed by atoms with Gasteiger partial charge in [0.25, 0.3) is 0 Å². The van der Waals surface area contributed by atoms with E-state index in [-0.39, 0.29) is 12.6 Å². The second kappa shape index (κ2) is 9.35. The van der Waals surface area contributed by atoms with Gasteiger partial charge in [0.2, 0.25) is 6.79 Å². The fraction of sp³-hybridized carbons (Fsp3) is 0.321. The molecule has 0 bridgehead atoms. The van der Waals surface area contributed by atoms with Gasteiger partial charge in [0, 0.05) is 19.5 Å². The molecular formula is C28H29NO4S. The number of hydrogen-bond acceptors (Lipinski definition) is 4. The van der Waals surface area contributed by atoms with Crippen LogP contribution in [0.25, 0.3) is 11.1 Å². The first-order valence-electron chi connectivity index (χ1n) is 11.8. The van der Waals surface area contributed by atoms with E-state index in [1.165, 1.54) is 0 Å². The van der Waals surface area contributed by atoms with Gasteiger partial charge in [0.1, 0.15) is 16.8 Å². The Morgan fingerprint density at radius 3 is 2.35 bits per heavy atom. The fourth-order valence-corrected chi connectivity index (χ4v) is 5.77. The highest BCUT2D eigenvalue weighted by atomic mass is 32.2. The molecule has 0 amide bonds. The van der Waals surface area contributed by atoms with E-state index >= 15 is 0 Å². The van der Waals surface area contributed by atoms with E-state index in [2.05, 4.69) is 12.1 Å². The summed E-state index contributed by atoms with van der Waals surface area (Å²) < 4.78 is 25.6. The van der Waals surface area contributed by atoms with Gasteiger partial charge >= 0.3 is 0 Å². The third-order valence-electron chi connectivity index (χ3n) is 6.83. The molecule has 3 aromatic carbocycles. The van der Waals surface area contributed by atoms with Gasteiger partial charge < -0.3 is 9.47 Å². The van der Waals surface area contributed by atoms with Gasteiger partial charge in [-0.3, -0.25) is 4.79 Å². The molecule has 1 aliphatic carbocycles. The molecule has 0 spiro atoms. The van der Waals surface area contributed by atoms with Crippen molar-refractivity contribution in [1.29, 1.82) is 0 Å². The number of fused-ring (bicyclic) bond motifs is 1. The van der Waals surface area contributed by atoms with Crippen molar-refractivity contribution in [2.24, 2.45) is 0 Å². The first kappa shape index (κ1) is 22.8. The number of ether oxygens (including phenoxy) is 2. The molecule has 0 saturated heterocycles. The number of Topliss-reactive ketones (excluding diaryl/α,β-unsaturated/α-hetero) is 1. The number of hydrogen-bond donors (Lipinski definition) is 0. The number of carbonyl (C=O) groups is 1. The van der Waals surface area contributed by atoms with Crippen LogP contribution < -0.4 is 9.47 Å². The summed E-state index contributed by atoms with van der Waals surface area (Å²) >= 11 is 0. The van der Waals surface area contributed by atoms with E-state index < -0.39 is 16.4 Å². The average Bonchev–Trinajstić information content (AvgIpc) is 3.56. The average molecular weight is 476 g/mol. The monoisotopic (exact) mass is 475 g/mol. The minimum absolute atomic E-state index is 0.235. The van der Waals surface area contributed by atoms with Crippen LogP contribution in [0.2, 0.25) is 0 Å². The van der Waals surface area contributed by atoms with E-state index in [1.54, 1.807) is 0 Å². The van der Waals surface area contributed by atoms with E-state index in [1.807, 2.05) is 72.7 Å². The van der Waals surface area contributed by atoms with E-state index in [0.717, 1.165) is 64.6 Å². The van der Waals surface area contributed by atoms with E-state index in [0.29, 0.717) is 6.42 Å². The molecule has 5 rings (SSSR count). The smallest absolute Gasteiger partial charge is 0.231 e. The van der Waals surface area contributed by atoms with Crippen molar-refractivity contribution < 1.29 is 18.5 Å². The molecule has 1 aliphatic heterocycles. The molecule has 2 aliphatic rings. The first-order valence-corrected chi connectivity index (χ1v) is 12.9. The highest BCUT2D eigenvalue weighted by Crippen LogP contribution is 2.51. The first-order chi connectivity index (χ1) is 16.5. The Morgan fingerprint density at radius 1 is 0.912 bits per heavy atom. The van der Waals surface area contributed by atoms with Gasteiger partial charge in [0.15, 0.2) is 11.5 Å². The molecule has 6 heteroatoms. The number of rotatable bonds is 9. The summed E-state index contributed by atoms with van der Waals surface area (Å²) in [5.41, 5.74) is 3.72. The molecule has 0 radical (unpaired) electrons. The Kier molecular flexibility index (Phi) is 6.28. The second-order valence-electron chi connectivity index (χ2n) is 8.84.